The van der Waals surface area contributed by atoms with Crippen LogP contribution in [0.5, 0.6) is 0 Å². The second kappa shape index (κ2) is 6.82. The van der Waals surface area contributed by atoms with Gasteiger partial charge in [-0.25, -0.2) is 4.98 Å². The van der Waals surface area contributed by atoms with Gasteiger partial charge in [-0.05, 0) is 48.6 Å². The van der Waals surface area contributed by atoms with Crippen LogP contribution in [0.25, 0.3) is 10.9 Å². The minimum atomic E-state index is -0.824. The normalized spacial score (nSPS) is 12.9. The number of rotatable bonds is 4. The smallest absolute Gasteiger partial charge is 0.251 e. The van der Waals surface area contributed by atoms with Gasteiger partial charge >= 0.3 is 0 Å². The lowest BCUT2D eigenvalue weighted by Crippen LogP contribution is -2.24. The topological polar surface area (TPSA) is 93.3 Å². The van der Waals surface area contributed by atoms with Crippen molar-refractivity contribution in [1.29, 1.82) is 10.5 Å². The van der Waals surface area contributed by atoms with Crippen molar-refractivity contribution in [2.75, 3.05) is 0 Å². The number of nitrogens with zero attached hydrogens (tertiary/aromatic N) is 3. The third kappa shape index (κ3) is 3.20. The van der Waals surface area contributed by atoms with E-state index in [1.54, 1.807) is 12.1 Å². The summed E-state index contributed by atoms with van der Waals surface area (Å²) in [5, 5.41) is 19.8. The number of aryl methyl sites for hydroxylation is 1. The molecule has 0 saturated heterocycles. The lowest BCUT2D eigenvalue weighted by atomic mass is 9.79. The third-order valence-electron chi connectivity index (χ3n) is 4.64. The molecule has 5 heteroatoms. The van der Waals surface area contributed by atoms with Crippen LogP contribution in [0, 0.1) is 22.7 Å². The number of nitriles is 2. The Balaban J connectivity index is 2.05. The van der Waals surface area contributed by atoms with E-state index >= 15 is 0 Å². The van der Waals surface area contributed by atoms with Crippen molar-refractivity contribution in [2.24, 2.45) is 0 Å². The van der Waals surface area contributed by atoms with E-state index in [0.717, 1.165) is 16.5 Å². The fraction of sp³-hybridized carbons (Fsp3) is 0.238. The van der Waals surface area contributed by atoms with Crippen molar-refractivity contribution in [2.45, 2.75) is 32.1 Å². The summed E-state index contributed by atoms with van der Waals surface area (Å²) in [6, 6.07) is 17.2. The average molecular weight is 342 g/mol. The Morgan fingerprint density at radius 2 is 2.00 bits per heavy atom. The number of fused-ring (bicyclic) bond motifs is 1. The summed E-state index contributed by atoms with van der Waals surface area (Å²) in [5.74, 6) is 0. The Labute approximate surface area is 151 Å². The lowest BCUT2D eigenvalue weighted by Gasteiger charge is -2.22. The van der Waals surface area contributed by atoms with Crippen molar-refractivity contribution in [3.05, 3.63) is 75.3 Å². The summed E-state index contributed by atoms with van der Waals surface area (Å²) in [6.07, 6.45) is 1.05. The van der Waals surface area contributed by atoms with Gasteiger partial charge in [0.05, 0.1) is 11.5 Å². The lowest BCUT2D eigenvalue weighted by molar-refractivity contribution is 0.597. The molecule has 0 radical (unpaired) electrons. The van der Waals surface area contributed by atoms with Crippen LogP contribution in [0.15, 0.2) is 47.3 Å². The van der Waals surface area contributed by atoms with Crippen molar-refractivity contribution in [3.63, 3.8) is 0 Å². The molecule has 0 aliphatic carbocycles. The average Bonchev–Trinajstić information content (AvgIpc) is 2.67. The minimum Gasteiger partial charge on any atom is -0.322 e. The maximum absolute atomic E-state index is 12.1. The van der Waals surface area contributed by atoms with Gasteiger partial charge in [0, 0.05) is 23.2 Å². The Kier molecular flexibility index (Phi) is 4.56. The Morgan fingerprint density at radius 1 is 1.19 bits per heavy atom. The van der Waals surface area contributed by atoms with Gasteiger partial charge in [0.25, 0.3) is 5.56 Å². The number of H-pyrrole nitrogens is 1. The summed E-state index contributed by atoms with van der Waals surface area (Å²) < 4.78 is 0. The van der Waals surface area contributed by atoms with E-state index in [1.165, 1.54) is 0 Å². The van der Waals surface area contributed by atoms with Gasteiger partial charge in [0.1, 0.15) is 11.8 Å². The molecular formula is C21H18N4O. The molecule has 26 heavy (non-hydrogen) atoms. The first-order chi connectivity index (χ1) is 12.5. The van der Waals surface area contributed by atoms with Crippen LogP contribution >= 0.6 is 0 Å². The summed E-state index contributed by atoms with van der Waals surface area (Å²) >= 11 is 0. The van der Waals surface area contributed by atoms with E-state index in [4.69, 9.17) is 5.26 Å². The molecule has 0 aliphatic heterocycles. The molecule has 0 unspecified atom stereocenters. The van der Waals surface area contributed by atoms with Crippen LogP contribution in [0.1, 0.15) is 36.4 Å². The zero-order valence-corrected chi connectivity index (χ0v) is 14.7. The molecular weight excluding hydrogens is 324 g/mol. The highest BCUT2D eigenvalue weighted by molar-refractivity contribution is 5.80. The monoisotopic (exact) mass is 342 g/mol. The fourth-order valence-corrected chi connectivity index (χ4v) is 3.06. The van der Waals surface area contributed by atoms with Crippen molar-refractivity contribution in [3.8, 4) is 12.1 Å². The summed E-state index contributed by atoms with van der Waals surface area (Å²) in [6.45, 7) is 3.79. The highest BCUT2D eigenvalue weighted by Crippen LogP contribution is 2.29. The molecule has 1 N–H and O–H groups in total. The van der Waals surface area contributed by atoms with Gasteiger partial charge in [-0.3, -0.25) is 4.79 Å². The molecule has 0 saturated carbocycles. The molecule has 2 heterocycles. The van der Waals surface area contributed by atoms with Crippen molar-refractivity contribution >= 4 is 10.9 Å². The van der Waals surface area contributed by atoms with Crippen molar-refractivity contribution < 1.29 is 0 Å². The molecule has 0 bridgehead atoms. The first-order valence-electron chi connectivity index (χ1n) is 8.43. The summed E-state index contributed by atoms with van der Waals surface area (Å²) in [7, 11) is 0. The molecule has 1 aromatic carbocycles. The summed E-state index contributed by atoms with van der Waals surface area (Å²) in [5.41, 5.74) is 2.35. The van der Waals surface area contributed by atoms with Crippen molar-refractivity contribution in [1.82, 2.24) is 9.97 Å². The summed E-state index contributed by atoms with van der Waals surface area (Å²) in [4.78, 5) is 19.3. The standard InChI is InChI=1S/C21H18N4O/c1-3-14-9-15-7-8-16(10-19(15)25-20(14)26)21(2,13-23)11-17-5-4-6-18(12-22)24-17/h4-10H,3,11H2,1-2H3,(H,25,26)/t21-/m0/s1. The second-order valence-corrected chi connectivity index (χ2v) is 6.53. The zero-order chi connectivity index (χ0) is 18.7. The first kappa shape index (κ1) is 17.4. The third-order valence-corrected chi connectivity index (χ3v) is 4.64. The molecule has 3 aromatic rings. The van der Waals surface area contributed by atoms with E-state index in [9.17, 15) is 10.1 Å². The quantitative estimate of drug-likeness (QED) is 0.786. The molecule has 0 spiro atoms. The number of benzene rings is 1. The molecule has 5 nitrogen and oxygen atoms in total. The van der Waals surface area contributed by atoms with Gasteiger partial charge < -0.3 is 4.98 Å². The fourth-order valence-electron chi connectivity index (χ4n) is 3.06. The van der Waals surface area contributed by atoms with Crippen LogP contribution in [0.4, 0.5) is 0 Å². The zero-order valence-electron chi connectivity index (χ0n) is 14.7. The van der Waals surface area contributed by atoms with Crippen LogP contribution < -0.4 is 5.56 Å². The molecule has 3 rings (SSSR count). The predicted molar refractivity (Wildman–Crippen MR) is 99.6 cm³/mol. The van der Waals surface area contributed by atoms with Crippen LogP contribution in [-0.2, 0) is 18.3 Å². The highest BCUT2D eigenvalue weighted by Gasteiger charge is 2.28. The maximum Gasteiger partial charge on any atom is 0.251 e. The molecule has 0 fully saturated rings. The molecule has 1 atom stereocenters. The molecule has 128 valence electrons. The predicted octanol–water partition coefficient (Wildman–Crippen LogP) is 3.38. The second-order valence-electron chi connectivity index (χ2n) is 6.53. The number of nitrogens with one attached hydrogen (secondary N) is 1. The van der Waals surface area contributed by atoms with Crippen LogP contribution in [-0.4, -0.2) is 9.97 Å². The Bertz CT molecular complexity index is 1120. The largest absolute Gasteiger partial charge is 0.322 e. The van der Waals surface area contributed by atoms with Crippen LogP contribution in [0.3, 0.4) is 0 Å². The number of hydrogen-bond acceptors (Lipinski definition) is 4. The minimum absolute atomic E-state index is 0.0980. The molecule has 0 aliphatic rings. The number of pyridine rings is 2. The molecule has 0 amide bonds. The number of aromatic nitrogens is 2. The van der Waals surface area contributed by atoms with Gasteiger partial charge in [-0.15, -0.1) is 0 Å². The van der Waals surface area contributed by atoms with E-state index in [-0.39, 0.29) is 5.56 Å². The molecule has 2 aromatic heterocycles. The van der Waals surface area contributed by atoms with Crippen LogP contribution in [0.2, 0.25) is 0 Å². The maximum atomic E-state index is 12.1. The highest BCUT2D eigenvalue weighted by atomic mass is 16.1. The first-order valence-corrected chi connectivity index (χ1v) is 8.43. The number of hydrogen-bond donors (Lipinski definition) is 1. The number of aromatic amines is 1. The van der Waals surface area contributed by atoms with E-state index in [0.29, 0.717) is 29.7 Å². The Morgan fingerprint density at radius 3 is 2.69 bits per heavy atom. The van der Waals surface area contributed by atoms with E-state index < -0.39 is 5.41 Å². The van der Waals surface area contributed by atoms with E-state index in [1.807, 2.05) is 50.2 Å². The Hall–Kier alpha value is -3.44. The van der Waals surface area contributed by atoms with Gasteiger partial charge in [-0.1, -0.05) is 25.1 Å². The SMILES string of the molecule is CCc1cc2ccc([C@](C)(C#N)Cc3cccc(C#N)n3)cc2[nH]c1=O. The van der Waals surface area contributed by atoms with E-state index in [2.05, 4.69) is 16.0 Å². The van der Waals surface area contributed by atoms with Gasteiger partial charge in [0.15, 0.2) is 0 Å². The van der Waals surface area contributed by atoms with Gasteiger partial charge in [0.2, 0.25) is 0 Å². The van der Waals surface area contributed by atoms with Gasteiger partial charge in [-0.2, -0.15) is 10.5 Å².